The van der Waals surface area contributed by atoms with Crippen LogP contribution in [0.15, 0.2) is 22.9 Å². The summed E-state index contributed by atoms with van der Waals surface area (Å²) in [6.07, 6.45) is 1.85. The third kappa shape index (κ3) is 2.11. The molecule has 2 aromatic heterocycles. The number of hydrogen-bond acceptors (Lipinski definition) is 3. The molecule has 0 atom stereocenters. The van der Waals surface area contributed by atoms with Gasteiger partial charge in [0.05, 0.1) is 4.88 Å². The van der Waals surface area contributed by atoms with Crippen molar-refractivity contribution in [1.29, 1.82) is 0 Å². The lowest BCUT2D eigenvalue weighted by Gasteiger charge is -1.91. The van der Waals surface area contributed by atoms with E-state index in [9.17, 15) is 4.79 Å². The van der Waals surface area contributed by atoms with Crippen LogP contribution in [0.3, 0.4) is 0 Å². The Labute approximate surface area is 91.0 Å². The van der Waals surface area contributed by atoms with E-state index in [0.717, 1.165) is 17.6 Å². The minimum absolute atomic E-state index is 0.812. The Balaban J connectivity index is 2.14. The van der Waals surface area contributed by atoms with Crippen LogP contribution in [0, 0.1) is 6.92 Å². The molecule has 0 amide bonds. The van der Waals surface area contributed by atoms with Gasteiger partial charge in [-0.25, -0.2) is 0 Å². The Hall–Kier alpha value is -0.930. The molecule has 0 spiro atoms. The Morgan fingerprint density at radius 1 is 1.21 bits per heavy atom. The van der Waals surface area contributed by atoms with Gasteiger partial charge >= 0.3 is 0 Å². The smallest absolute Gasteiger partial charge is 0.160 e. The van der Waals surface area contributed by atoms with Gasteiger partial charge in [-0.3, -0.25) is 4.79 Å². The lowest BCUT2D eigenvalue weighted by molar-refractivity contribution is 0.112. The number of aryl methyl sites for hydroxylation is 1. The SMILES string of the molecule is Cc1cc(Cc2csc(C=O)c2)cs1. The number of aldehydes is 1. The van der Waals surface area contributed by atoms with Crippen LogP contribution in [0.1, 0.15) is 25.7 Å². The van der Waals surface area contributed by atoms with E-state index >= 15 is 0 Å². The largest absolute Gasteiger partial charge is 0.297 e. The van der Waals surface area contributed by atoms with Gasteiger partial charge in [0.1, 0.15) is 0 Å². The quantitative estimate of drug-likeness (QED) is 0.726. The highest BCUT2D eigenvalue weighted by Crippen LogP contribution is 2.20. The molecule has 0 aliphatic rings. The van der Waals surface area contributed by atoms with E-state index in [0.29, 0.717) is 0 Å². The van der Waals surface area contributed by atoms with E-state index in [-0.39, 0.29) is 0 Å². The molecular formula is C11H10OS2. The Bertz CT molecular complexity index is 440. The zero-order valence-corrected chi connectivity index (χ0v) is 9.45. The molecule has 0 aliphatic carbocycles. The standard InChI is InChI=1S/C11H10OS2/c1-8-2-9(6-13-8)3-10-4-11(5-12)14-7-10/h2,4-7H,3H2,1H3. The number of carbonyl (C=O) groups is 1. The molecule has 0 aliphatic heterocycles. The molecule has 0 fully saturated rings. The molecule has 0 saturated carbocycles. The van der Waals surface area contributed by atoms with Crippen LogP contribution < -0.4 is 0 Å². The molecule has 2 heterocycles. The van der Waals surface area contributed by atoms with Gasteiger partial charge in [-0.1, -0.05) is 0 Å². The van der Waals surface area contributed by atoms with Gasteiger partial charge in [0.15, 0.2) is 6.29 Å². The maximum Gasteiger partial charge on any atom is 0.160 e. The number of hydrogen-bond donors (Lipinski definition) is 0. The van der Waals surface area contributed by atoms with Crippen LogP contribution in [0.4, 0.5) is 0 Å². The van der Waals surface area contributed by atoms with Crippen LogP contribution in [-0.2, 0) is 6.42 Å². The second kappa shape index (κ2) is 4.07. The van der Waals surface area contributed by atoms with Gasteiger partial charge in [0.2, 0.25) is 0 Å². The van der Waals surface area contributed by atoms with Crippen molar-refractivity contribution in [1.82, 2.24) is 0 Å². The highest BCUT2D eigenvalue weighted by Gasteiger charge is 2.01. The summed E-state index contributed by atoms with van der Waals surface area (Å²) in [6.45, 7) is 2.11. The van der Waals surface area contributed by atoms with E-state index in [1.54, 1.807) is 11.3 Å². The topological polar surface area (TPSA) is 17.1 Å². The van der Waals surface area contributed by atoms with Gasteiger partial charge in [0.25, 0.3) is 0 Å². The minimum Gasteiger partial charge on any atom is -0.297 e. The maximum atomic E-state index is 10.5. The monoisotopic (exact) mass is 222 g/mol. The summed E-state index contributed by atoms with van der Waals surface area (Å²) in [5, 5.41) is 4.23. The summed E-state index contributed by atoms with van der Waals surface area (Å²) in [6, 6.07) is 4.16. The molecule has 2 rings (SSSR count). The molecule has 0 unspecified atom stereocenters. The molecule has 0 aromatic carbocycles. The van der Waals surface area contributed by atoms with E-state index in [1.165, 1.54) is 27.3 Å². The molecule has 72 valence electrons. The van der Waals surface area contributed by atoms with Crippen LogP contribution in [0.25, 0.3) is 0 Å². The van der Waals surface area contributed by atoms with Gasteiger partial charge < -0.3 is 0 Å². The minimum atomic E-state index is 0.812. The summed E-state index contributed by atoms with van der Waals surface area (Å²) in [5.74, 6) is 0. The molecule has 2 aromatic rings. The van der Waals surface area contributed by atoms with Crippen molar-refractivity contribution >= 4 is 29.0 Å². The Morgan fingerprint density at radius 3 is 2.50 bits per heavy atom. The van der Waals surface area contributed by atoms with Crippen molar-refractivity contribution in [2.24, 2.45) is 0 Å². The van der Waals surface area contributed by atoms with Gasteiger partial charge in [-0.15, -0.1) is 22.7 Å². The fourth-order valence-electron chi connectivity index (χ4n) is 1.38. The average Bonchev–Trinajstić information content (AvgIpc) is 2.76. The van der Waals surface area contributed by atoms with Crippen molar-refractivity contribution < 1.29 is 4.79 Å². The average molecular weight is 222 g/mol. The maximum absolute atomic E-state index is 10.5. The zero-order chi connectivity index (χ0) is 9.97. The zero-order valence-electron chi connectivity index (χ0n) is 7.82. The predicted octanol–water partition coefficient (Wildman–Crippen LogP) is 3.52. The van der Waals surface area contributed by atoms with Crippen molar-refractivity contribution in [3.05, 3.63) is 43.8 Å². The Morgan fingerprint density at radius 2 is 1.93 bits per heavy atom. The van der Waals surface area contributed by atoms with Gasteiger partial charge in [-0.2, -0.15) is 0 Å². The molecular weight excluding hydrogens is 212 g/mol. The molecule has 1 nitrogen and oxygen atoms in total. The molecule has 0 radical (unpaired) electrons. The van der Waals surface area contributed by atoms with Crippen LogP contribution in [0.2, 0.25) is 0 Å². The third-order valence-electron chi connectivity index (χ3n) is 1.98. The van der Waals surface area contributed by atoms with Crippen molar-refractivity contribution in [3.63, 3.8) is 0 Å². The first-order valence-electron chi connectivity index (χ1n) is 4.34. The van der Waals surface area contributed by atoms with Crippen molar-refractivity contribution in [2.75, 3.05) is 0 Å². The highest BCUT2D eigenvalue weighted by molar-refractivity contribution is 7.11. The normalized spacial score (nSPS) is 10.4. The Kier molecular flexibility index (Phi) is 2.79. The molecule has 14 heavy (non-hydrogen) atoms. The van der Waals surface area contributed by atoms with Crippen molar-refractivity contribution in [3.8, 4) is 0 Å². The van der Waals surface area contributed by atoms with Crippen LogP contribution >= 0.6 is 22.7 Å². The highest BCUT2D eigenvalue weighted by atomic mass is 32.1. The van der Waals surface area contributed by atoms with Crippen molar-refractivity contribution in [2.45, 2.75) is 13.3 Å². The van der Waals surface area contributed by atoms with Gasteiger partial charge in [0, 0.05) is 4.88 Å². The summed E-state index contributed by atoms with van der Waals surface area (Å²) < 4.78 is 0. The summed E-state index contributed by atoms with van der Waals surface area (Å²) in [4.78, 5) is 12.6. The second-order valence-electron chi connectivity index (χ2n) is 3.22. The second-order valence-corrected chi connectivity index (χ2v) is 5.28. The molecule has 3 heteroatoms. The first kappa shape index (κ1) is 9.62. The van der Waals surface area contributed by atoms with E-state index in [4.69, 9.17) is 0 Å². The number of rotatable bonds is 3. The number of carbonyl (C=O) groups excluding carboxylic acids is 1. The summed E-state index contributed by atoms with van der Waals surface area (Å²) in [5.41, 5.74) is 2.57. The fourth-order valence-corrected chi connectivity index (χ4v) is 2.80. The predicted molar refractivity (Wildman–Crippen MR) is 61.6 cm³/mol. The summed E-state index contributed by atoms with van der Waals surface area (Å²) in [7, 11) is 0. The van der Waals surface area contributed by atoms with E-state index in [2.05, 4.69) is 23.8 Å². The molecule has 0 saturated heterocycles. The lowest BCUT2D eigenvalue weighted by atomic mass is 10.1. The first-order chi connectivity index (χ1) is 6.78. The number of thiophene rings is 2. The fraction of sp³-hybridized carbons (Fsp3) is 0.182. The van der Waals surface area contributed by atoms with Gasteiger partial charge in [-0.05, 0) is 47.4 Å². The first-order valence-corrected chi connectivity index (χ1v) is 6.10. The summed E-state index contributed by atoms with van der Waals surface area (Å²) >= 11 is 3.28. The molecule has 0 bridgehead atoms. The lowest BCUT2D eigenvalue weighted by Crippen LogP contribution is -1.81. The third-order valence-corrected chi connectivity index (χ3v) is 3.80. The van der Waals surface area contributed by atoms with E-state index < -0.39 is 0 Å². The van der Waals surface area contributed by atoms with Crippen LogP contribution in [-0.4, -0.2) is 6.29 Å². The van der Waals surface area contributed by atoms with Crippen LogP contribution in [0.5, 0.6) is 0 Å². The van der Waals surface area contributed by atoms with E-state index in [1.807, 2.05) is 6.07 Å². The molecule has 0 N–H and O–H groups in total.